The van der Waals surface area contributed by atoms with Gasteiger partial charge in [-0.2, -0.15) is 5.10 Å². The molecule has 1 saturated heterocycles. The van der Waals surface area contributed by atoms with Gasteiger partial charge in [0.2, 0.25) is 0 Å². The van der Waals surface area contributed by atoms with E-state index in [0.29, 0.717) is 5.56 Å². The molecule has 1 fully saturated rings. The normalized spacial score (nSPS) is 17.3. The van der Waals surface area contributed by atoms with Crippen molar-refractivity contribution < 1.29 is 4.79 Å². The van der Waals surface area contributed by atoms with Crippen LogP contribution in [0.25, 0.3) is 5.69 Å². The van der Waals surface area contributed by atoms with Gasteiger partial charge in [-0.1, -0.05) is 12.1 Å². The zero-order valence-corrected chi connectivity index (χ0v) is 12.7. The molecule has 4 nitrogen and oxygen atoms in total. The Bertz CT molecular complexity index is 780. The number of rotatable bonds is 3. The Morgan fingerprint density at radius 2 is 2.18 bits per heavy atom. The Kier molecular flexibility index (Phi) is 3.27. The van der Waals surface area contributed by atoms with E-state index in [-0.39, 0.29) is 11.9 Å². The molecule has 0 saturated carbocycles. The molecule has 0 N–H and O–H groups in total. The maximum atomic E-state index is 12.8. The summed E-state index contributed by atoms with van der Waals surface area (Å²) in [7, 11) is 0. The van der Waals surface area contributed by atoms with Crippen LogP contribution in [-0.4, -0.2) is 27.1 Å². The summed E-state index contributed by atoms with van der Waals surface area (Å²) in [4.78, 5) is 16.0. The minimum absolute atomic E-state index is 0.0960. The summed E-state index contributed by atoms with van der Waals surface area (Å²) in [5, 5.41) is 6.28. The molecule has 22 heavy (non-hydrogen) atoms. The molecule has 4 rings (SSSR count). The molecule has 1 aliphatic rings. The number of carbonyl (C=O) groups excluding carboxylic acids is 1. The monoisotopic (exact) mass is 309 g/mol. The van der Waals surface area contributed by atoms with Gasteiger partial charge < -0.3 is 4.90 Å². The number of hydrogen-bond donors (Lipinski definition) is 0. The minimum atomic E-state index is 0.0960. The van der Waals surface area contributed by atoms with Crippen LogP contribution in [0.1, 0.15) is 27.7 Å². The Labute approximate surface area is 132 Å². The second kappa shape index (κ2) is 5.42. The van der Waals surface area contributed by atoms with Crippen LogP contribution in [-0.2, 0) is 0 Å². The Hall–Kier alpha value is -2.40. The lowest BCUT2D eigenvalue weighted by molar-refractivity contribution is 0.0468. The Morgan fingerprint density at radius 1 is 1.23 bits per heavy atom. The zero-order valence-electron chi connectivity index (χ0n) is 11.9. The quantitative estimate of drug-likeness (QED) is 0.742. The van der Waals surface area contributed by atoms with E-state index in [9.17, 15) is 4.79 Å². The van der Waals surface area contributed by atoms with Crippen molar-refractivity contribution in [3.05, 3.63) is 70.7 Å². The first-order valence-corrected chi connectivity index (χ1v) is 8.15. The first kappa shape index (κ1) is 13.3. The highest BCUT2D eigenvalue weighted by Gasteiger charge is 2.34. The zero-order chi connectivity index (χ0) is 14.9. The molecule has 5 heteroatoms. The number of hydrogen-bond acceptors (Lipinski definition) is 3. The van der Waals surface area contributed by atoms with E-state index in [2.05, 4.69) is 16.5 Å². The molecule has 2 aromatic heterocycles. The Morgan fingerprint density at radius 3 is 2.86 bits per heavy atom. The van der Waals surface area contributed by atoms with Gasteiger partial charge in [0.1, 0.15) is 0 Å². The smallest absolute Gasteiger partial charge is 0.254 e. The van der Waals surface area contributed by atoms with Crippen LogP contribution < -0.4 is 0 Å². The highest BCUT2D eigenvalue weighted by molar-refractivity contribution is 7.10. The number of thiophene rings is 1. The van der Waals surface area contributed by atoms with Crippen LogP contribution >= 0.6 is 11.3 Å². The number of likely N-dealkylation sites (tertiary alicyclic amines) is 1. The van der Waals surface area contributed by atoms with E-state index >= 15 is 0 Å². The number of nitrogens with zero attached hydrogens (tertiary/aromatic N) is 3. The first-order valence-electron chi connectivity index (χ1n) is 7.27. The van der Waals surface area contributed by atoms with Crippen LogP contribution in [0.4, 0.5) is 0 Å². The molecule has 3 heterocycles. The fourth-order valence-electron chi connectivity index (χ4n) is 2.78. The average Bonchev–Trinajstić information content (AvgIpc) is 3.20. The molecule has 1 aromatic carbocycles. The van der Waals surface area contributed by atoms with Crippen molar-refractivity contribution in [2.45, 2.75) is 12.5 Å². The van der Waals surface area contributed by atoms with Gasteiger partial charge in [0, 0.05) is 29.4 Å². The SMILES string of the molecule is O=C(c1cccc(-n2cccn2)c1)N1CC[C@H]1c1cccs1. The summed E-state index contributed by atoms with van der Waals surface area (Å²) >= 11 is 1.72. The van der Waals surface area contributed by atoms with Crippen LogP contribution in [0.15, 0.2) is 60.2 Å². The molecule has 0 bridgehead atoms. The van der Waals surface area contributed by atoms with Crippen molar-refractivity contribution in [2.24, 2.45) is 0 Å². The summed E-state index contributed by atoms with van der Waals surface area (Å²) in [6.45, 7) is 0.827. The van der Waals surface area contributed by atoms with Crippen LogP contribution in [0.3, 0.4) is 0 Å². The number of benzene rings is 1. The highest BCUT2D eigenvalue weighted by Crippen LogP contribution is 2.36. The van der Waals surface area contributed by atoms with E-state index in [1.165, 1.54) is 4.88 Å². The third kappa shape index (κ3) is 2.23. The van der Waals surface area contributed by atoms with Gasteiger partial charge >= 0.3 is 0 Å². The summed E-state index contributed by atoms with van der Waals surface area (Å²) in [6, 6.07) is 13.9. The van der Waals surface area contributed by atoms with Crippen molar-refractivity contribution in [2.75, 3.05) is 6.54 Å². The maximum absolute atomic E-state index is 12.8. The molecule has 1 atom stereocenters. The van der Waals surface area contributed by atoms with Crippen LogP contribution in [0, 0.1) is 0 Å². The topological polar surface area (TPSA) is 38.1 Å². The number of aromatic nitrogens is 2. The molecule has 1 amide bonds. The molecule has 0 radical (unpaired) electrons. The second-order valence-electron chi connectivity index (χ2n) is 5.32. The van der Waals surface area contributed by atoms with Gasteiger partial charge in [-0.15, -0.1) is 11.3 Å². The lowest BCUT2D eigenvalue weighted by Crippen LogP contribution is -2.44. The molecule has 3 aromatic rings. The summed E-state index contributed by atoms with van der Waals surface area (Å²) in [5.74, 6) is 0.0960. The molecule has 0 spiro atoms. The van der Waals surface area contributed by atoms with E-state index in [1.54, 1.807) is 22.2 Å². The first-order chi connectivity index (χ1) is 10.8. The number of carbonyl (C=O) groups is 1. The predicted molar refractivity (Wildman–Crippen MR) is 86.3 cm³/mol. The fourth-order valence-corrected chi connectivity index (χ4v) is 3.65. The maximum Gasteiger partial charge on any atom is 0.254 e. The van der Waals surface area contributed by atoms with Gasteiger partial charge in [-0.3, -0.25) is 4.79 Å². The Balaban J connectivity index is 1.60. The lowest BCUT2D eigenvalue weighted by atomic mass is 9.99. The van der Waals surface area contributed by atoms with E-state index < -0.39 is 0 Å². The molecular weight excluding hydrogens is 294 g/mol. The van der Waals surface area contributed by atoms with Gasteiger partial charge in [0.05, 0.1) is 11.7 Å². The van der Waals surface area contributed by atoms with E-state index in [4.69, 9.17) is 0 Å². The molecule has 0 aliphatic carbocycles. The van der Waals surface area contributed by atoms with Crippen molar-refractivity contribution >= 4 is 17.2 Å². The minimum Gasteiger partial charge on any atom is -0.331 e. The summed E-state index contributed by atoms with van der Waals surface area (Å²) in [5.41, 5.74) is 1.62. The summed E-state index contributed by atoms with van der Waals surface area (Å²) in [6.07, 6.45) is 4.66. The third-order valence-electron chi connectivity index (χ3n) is 4.01. The molecule has 110 valence electrons. The number of amides is 1. The lowest BCUT2D eigenvalue weighted by Gasteiger charge is -2.40. The molecular formula is C17H15N3OS. The van der Waals surface area contributed by atoms with Gasteiger partial charge in [-0.05, 0) is 42.1 Å². The van der Waals surface area contributed by atoms with Crippen LogP contribution in [0.2, 0.25) is 0 Å². The van der Waals surface area contributed by atoms with Crippen molar-refractivity contribution in [3.63, 3.8) is 0 Å². The van der Waals surface area contributed by atoms with E-state index in [1.807, 2.05) is 47.5 Å². The van der Waals surface area contributed by atoms with Crippen molar-refractivity contribution in [3.8, 4) is 5.69 Å². The van der Waals surface area contributed by atoms with Crippen LogP contribution in [0.5, 0.6) is 0 Å². The van der Waals surface area contributed by atoms with Gasteiger partial charge in [0.15, 0.2) is 0 Å². The van der Waals surface area contributed by atoms with Gasteiger partial charge in [-0.25, -0.2) is 4.68 Å². The predicted octanol–water partition coefficient (Wildman–Crippen LogP) is 3.52. The standard InChI is InChI=1S/C17H15N3OS/c21-17(19-10-7-15(19)16-6-2-11-22-16)13-4-1-5-14(12-13)20-9-3-8-18-20/h1-6,8-9,11-12,15H,7,10H2/t15-/m0/s1. The second-order valence-corrected chi connectivity index (χ2v) is 6.30. The van der Waals surface area contributed by atoms with Crippen molar-refractivity contribution in [1.82, 2.24) is 14.7 Å². The molecule has 1 aliphatic heterocycles. The fraction of sp³-hybridized carbons (Fsp3) is 0.176. The average molecular weight is 309 g/mol. The largest absolute Gasteiger partial charge is 0.331 e. The highest BCUT2D eigenvalue weighted by atomic mass is 32.1. The molecule has 0 unspecified atom stereocenters. The van der Waals surface area contributed by atoms with Crippen molar-refractivity contribution in [1.29, 1.82) is 0 Å². The van der Waals surface area contributed by atoms with Gasteiger partial charge in [0.25, 0.3) is 5.91 Å². The summed E-state index contributed by atoms with van der Waals surface area (Å²) < 4.78 is 1.77. The van der Waals surface area contributed by atoms with E-state index in [0.717, 1.165) is 18.7 Å². The third-order valence-corrected chi connectivity index (χ3v) is 4.99.